The Balaban J connectivity index is 1.06. The summed E-state index contributed by atoms with van der Waals surface area (Å²) in [6, 6.07) is 0. The normalized spacial score (nSPS) is 52.6. The lowest BCUT2D eigenvalue weighted by molar-refractivity contribution is -0.310. The Morgan fingerprint density at radius 1 is 0.849 bits per heavy atom. The van der Waals surface area contributed by atoms with Crippen molar-refractivity contribution >= 4 is 0 Å². The van der Waals surface area contributed by atoms with Gasteiger partial charge in [0.2, 0.25) is 0 Å². The first-order valence-corrected chi connectivity index (χ1v) is 19.7. The maximum Gasteiger partial charge on any atom is 0.187 e. The maximum atomic E-state index is 12.6. The summed E-state index contributed by atoms with van der Waals surface area (Å²) in [4.78, 5) is 0. The third kappa shape index (κ3) is 7.30. The van der Waals surface area contributed by atoms with Gasteiger partial charge in [-0.25, -0.2) is 0 Å². The summed E-state index contributed by atoms with van der Waals surface area (Å²) in [5.41, 5.74) is -2.19. The van der Waals surface area contributed by atoms with E-state index in [4.69, 9.17) is 28.4 Å². The van der Waals surface area contributed by atoms with E-state index in [0.29, 0.717) is 25.7 Å². The first-order valence-electron chi connectivity index (χ1n) is 19.7. The van der Waals surface area contributed by atoms with Gasteiger partial charge < -0.3 is 69.3 Å². The van der Waals surface area contributed by atoms with E-state index in [9.17, 15) is 40.9 Å². The second-order valence-electron chi connectivity index (χ2n) is 17.8. The van der Waals surface area contributed by atoms with Crippen LogP contribution in [0.15, 0.2) is 12.2 Å². The van der Waals surface area contributed by atoms with Gasteiger partial charge in [-0.05, 0) is 73.0 Å². The van der Waals surface area contributed by atoms with E-state index in [2.05, 4.69) is 26.0 Å². The molecule has 2 saturated heterocycles. The van der Waals surface area contributed by atoms with E-state index in [1.807, 2.05) is 13.8 Å². The van der Waals surface area contributed by atoms with Crippen LogP contribution in [0.3, 0.4) is 0 Å². The lowest BCUT2D eigenvalue weighted by Crippen LogP contribution is -2.70. The van der Waals surface area contributed by atoms with Crippen molar-refractivity contribution in [1.82, 2.24) is 0 Å². The molecule has 6 fully saturated rings. The standard InChI is InChI=1S/C39H66O14/c1-19(17-50-36-33(30(45)25(16-40)52-36)53-35-32(49-6)31(46)26(48-5)18-51-35)8-7-9-20(2)21-14-23(42)34-37(21,3)13-11-27-38(4)12-10-22(41)29(44)28(38)24(43)15-39(27,34)47/h7,9,19-36,40-47H,8,10-18H2,1-6H3. The summed E-state index contributed by atoms with van der Waals surface area (Å²) < 4.78 is 34.4. The van der Waals surface area contributed by atoms with Crippen LogP contribution in [-0.2, 0) is 28.4 Å². The van der Waals surface area contributed by atoms with Crippen molar-refractivity contribution in [1.29, 1.82) is 0 Å². The molecule has 21 atom stereocenters. The zero-order chi connectivity index (χ0) is 38.6. The number of ether oxygens (including phenoxy) is 6. The number of aliphatic hydroxyl groups excluding tert-OH is 7. The zero-order valence-electron chi connectivity index (χ0n) is 32.1. The Labute approximate surface area is 313 Å². The van der Waals surface area contributed by atoms with E-state index in [1.165, 1.54) is 14.2 Å². The van der Waals surface area contributed by atoms with Crippen LogP contribution in [0.5, 0.6) is 0 Å². The number of fused-ring (bicyclic) bond motifs is 5. The Bertz CT molecular complexity index is 1260. The molecule has 14 nitrogen and oxygen atoms in total. The van der Waals surface area contributed by atoms with Crippen LogP contribution >= 0.6 is 0 Å². The molecule has 4 aliphatic carbocycles. The number of aliphatic hydroxyl groups is 8. The molecule has 21 unspecified atom stereocenters. The van der Waals surface area contributed by atoms with E-state index in [0.717, 1.165) is 12.8 Å². The molecule has 306 valence electrons. The molecule has 2 aliphatic heterocycles. The molecule has 0 bridgehead atoms. The lowest BCUT2D eigenvalue weighted by Gasteiger charge is -2.66. The number of methoxy groups -OCH3 is 2. The number of rotatable bonds is 12. The van der Waals surface area contributed by atoms with Crippen molar-refractivity contribution in [2.24, 2.45) is 46.3 Å². The van der Waals surface area contributed by atoms with Gasteiger partial charge in [-0.1, -0.05) is 39.8 Å². The van der Waals surface area contributed by atoms with E-state index in [1.54, 1.807) is 0 Å². The van der Waals surface area contributed by atoms with Crippen LogP contribution < -0.4 is 0 Å². The van der Waals surface area contributed by atoms with Crippen molar-refractivity contribution < 1.29 is 69.3 Å². The van der Waals surface area contributed by atoms with Crippen molar-refractivity contribution in [3.63, 3.8) is 0 Å². The molecular weight excluding hydrogens is 692 g/mol. The molecule has 0 spiro atoms. The van der Waals surface area contributed by atoms with Gasteiger partial charge in [0.1, 0.15) is 36.6 Å². The summed E-state index contributed by atoms with van der Waals surface area (Å²) in [6.07, 6.45) is -3.13. The molecule has 0 aromatic rings. The van der Waals surface area contributed by atoms with E-state index >= 15 is 0 Å². The first kappa shape index (κ1) is 41.8. The zero-order valence-corrected chi connectivity index (χ0v) is 32.1. The van der Waals surface area contributed by atoms with Gasteiger partial charge in [0.05, 0.1) is 49.8 Å². The molecule has 4 saturated carbocycles. The molecule has 6 aliphatic rings. The van der Waals surface area contributed by atoms with E-state index in [-0.39, 0.29) is 48.7 Å². The van der Waals surface area contributed by atoms with Crippen molar-refractivity contribution in [3.05, 3.63) is 12.2 Å². The van der Waals surface area contributed by atoms with Gasteiger partial charge in [0, 0.05) is 32.5 Å². The lowest BCUT2D eigenvalue weighted by atomic mass is 9.41. The minimum Gasteiger partial charge on any atom is -0.394 e. The van der Waals surface area contributed by atoms with Gasteiger partial charge in [-0.15, -0.1) is 0 Å². The summed E-state index contributed by atoms with van der Waals surface area (Å²) in [7, 11) is 2.88. The highest BCUT2D eigenvalue weighted by Crippen LogP contribution is 2.69. The van der Waals surface area contributed by atoms with Gasteiger partial charge in [-0.2, -0.15) is 0 Å². The van der Waals surface area contributed by atoms with E-state index < -0.39 is 103 Å². The van der Waals surface area contributed by atoms with Crippen LogP contribution in [-0.4, -0.2) is 154 Å². The van der Waals surface area contributed by atoms with Gasteiger partial charge in [-0.3, -0.25) is 0 Å². The second kappa shape index (κ2) is 16.2. The largest absolute Gasteiger partial charge is 0.394 e. The molecule has 6 rings (SSSR count). The van der Waals surface area contributed by atoms with Crippen LogP contribution in [0, 0.1) is 46.3 Å². The third-order valence-electron chi connectivity index (χ3n) is 14.7. The quantitative estimate of drug-likeness (QED) is 0.127. The Morgan fingerprint density at radius 3 is 2.25 bits per heavy atom. The van der Waals surface area contributed by atoms with Gasteiger partial charge in [0.25, 0.3) is 0 Å². The molecule has 0 radical (unpaired) electrons. The average molecular weight is 759 g/mol. The molecule has 8 N–H and O–H groups in total. The minimum atomic E-state index is -1.28. The topological polar surface area (TPSA) is 217 Å². The van der Waals surface area contributed by atoms with Crippen LogP contribution in [0.4, 0.5) is 0 Å². The Kier molecular flexibility index (Phi) is 12.8. The molecule has 0 aromatic carbocycles. The number of allylic oxidation sites excluding steroid dienone is 2. The fraction of sp³-hybridized carbons (Fsp3) is 0.949. The highest BCUT2D eigenvalue weighted by molar-refractivity contribution is 5.21. The van der Waals surface area contributed by atoms with Gasteiger partial charge in [0.15, 0.2) is 12.6 Å². The van der Waals surface area contributed by atoms with Crippen LogP contribution in [0.1, 0.15) is 72.6 Å². The number of hydrogen-bond acceptors (Lipinski definition) is 14. The summed E-state index contributed by atoms with van der Waals surface area (Å²) in [5.74, 6) is -0.877. The predicted octanol–water partition coefficient (Wildman–Crippen LogP) is 0.479. The maximum absolute atomic E-state index is 12.6. The second-order valence-corrected chi connectivity index (χ2v) is 17.8. The van der Waals surface area contributed by atoms with Crippen LogP contribution in [0.2, 0.25) is 0 Å². The van der Waals surface area contributed by atoms with Crippen LogP contribution in [0.25, 0.3) is 0 Å². The molecule has 0 amide bonds. The average Bonchev–Trinajstić information content (AvgIpc) is 3.57. The molecule has 0 aromatic heterocycles. The summed E-state index contributed by atoms with van der Waals surface area (Å²) >= 11 is 0. The molecule has 53 heavy (non-hydrogen) atoms. The fourth-order valence-corrected chi connectivity index (χ4v) is 12.1. The Morgan fingerprint density at radius 2 is 1.57 bits per heavy atom. The smallest absolute Gasteiger partial charge is 0.187 e. The third-order valence-corrected chi connectivity index (χ3v) is 14.7. The molecule has 14 heteroatoms. The molecular formula is C39H66O14. The summed E-state index contributed by atoms with van der Waals surface area (Å²) in [6.45, 7) is 8.31. The Hall–Kier alpha value is -0.820. The fourth-order valence-electron chi connectivity index (χ4n) is 12.1. The van der Waals surface area contributed by atoms with Crippen molar-refractivity contribution in [2.45, 2.75) is 152 Å². The minimum absolute atomic E-state index is 0.0467. The highest BCUT2D eigenvalue weighted by Gasteiger charge is 2.71. The summed E-state index contributed by atoms with van der Waals surface area (Å²) in [5, 5.41) is 88.3. The van der Waals surface area contributed by atoms with Gasteiger partial charge >= 0.3 is 0 Å². The molecule has 2 heterocycles. The van der Waals surface area contributed by atoms with Crippen molar-refractivity contribution in [3.8, 4) is 0 Å². The predicted molar refractivity (Wildman–Crippen MR) is 189 cm³/mol. The highest BCUT2D eigenvalue weighted by atomic mass is 16.8. The van der Waals surface area contributed by atoms with Crippen molar-refractivity contribution in [2.75, 3.05) is 34.0 Å². The first-order chi connectivity index (χ1) is 25.0. The SMILES string of the molecule is COC1COC(OC2C(OCC(C)CC=CC(C)C3CC(O)C4C3(C)CCC3C5(C)CCC(O)C(O)C5C(O)CC34O)OC(CO)C2O)C(OC)C1O. The number of hydrogen-bond donors (Lipinski definition) is 8. The monoisotopic (exact) mass is 758 g/mol.